The molecular weight excluding hydrogens is 398 g/mol. The molecule has 4 heteroatoms. The molecule has 0 atom stereocenters. The van der Waals surface area contributed by atoms with Crippen molar-refractivity contribution < 1.29 is 14.3 Å². The van der Waals surface area contributed by atoms with Crippen LogP contribution in [0, 0.1) is 0 Å². The van der Waals surface area contributed by atoms with Crippen molar-refractivity contribution >= 4 is 11.9 Å². The molecule has 1 saturated carbocycles. The lowest BCUT2D eigenvalue weighted by Crippen LogP contribution is -2.36. The van der Waals surface area contributed by atoms with E-state index in [1.165, 1.54) is 103 Å². The number of hydrogen-bond donors (Lipinski definition) is 1. The third kappa shape index (κ3) is 18.5. The Labute approximate surface area is 199 Å². The van der Waals surface area contributed by atoms with Crippen molar-refractivity contribution in [1.29, 1.82) is 0 Å². The highest BCUT2D eigenvalue weighted by Gasteiger charge is 2.15. The number of esters is 1. The van der Waals surface area contributed by atoms with Gasteiger partial charge in [0.25, 0.3) is 0 Å². The van der Waals surface area contributed by atoms with Gasteiger partial charge in [0, 0.05) is 18.9 Å². The van der Waals surface area contributed by atoms with Crippen LogP contribution in [0.15, 0.2) is 0 Å². The lowest BCUT2D eigenvalue weighted by atomic mass is 9.95. The van der Waals surface area contributed by atoms with Gasteiger partial charge < -0.3 is 10.1 Å². The van der Waals surface area contributed by atoms with Gasteiger partial charge in [0.1, 0.15) is 0 Å². The minimum Gasteiger partial charge on any atom is -0.466 e. The van der Waals surface area contributed by atoms with E-state index in [2.05, 4.69) is 12.2 Å². The normalized spacial score (nSPS) is 14.4. The summed E-state index contributed by atoms with van der Waals surface area (Å²) in [6, 6.07) is 0.365. The molecule has 188 valence electrons. The molecule has 0 aromatic rings. The van der Waals surface area contributed by atoms with Gasteiger partial charge in [-0.25, -0.2) is 0 Å². The molecule has 0 spiro atoms. The third-order valence-electron chi connectivity index (χ3n) is 6.77. The molecule has 32 heavy (non-hydrogen) atoms. The van der Waals surface area contributed by atoms with Crippen molar-refractivity contribution in [2.45, 2.75) is 161 Å². The first kappa shape index (κ1) is 29.0. The van der Waals surface area contributed by atoms with Gasteiger partial charge in [-0.1, -0.05) is 116 Å². The van der Waals surface area contributed by atoms with Crippen LogP contribution in [-0.4, -0.2) is 24.5 Å². The first-order valence-electron chi connectivity index (χ1n) is 14.2. The highest BCUT2D eigenvalue weighted by Crippen LogP contribution is 2.17. The Morgan fingerprint density at radius 1 is 0.656 bits per heavy atom. The number of carbonyl (C=O) groups excluding carboxylic acids is 2. The Kier molecular flexibility index (Phi) is 19.7. The summed E-state index contributed by atoms with van der Waals surface area (Å²) in [5.41, 5.74) is 0. The van der Waals surface area contributed by atoms with Gasteiger partial charge >= 0.3 is 5.97 Å². The fourth-order valence-corrected chi connectivity index (χ4v) is 4.68. The maximum Gasteiger partial charge on any atom is 0.305 e. The predicted molar refractivity (Wildman–Crippen MR) is 135 cm³/mol. The van der Waals surface area contributed by atoms with Gasteiger partial charge in [0.2, 0.25) is 5.91 Å². The molecule has 0 heterocycles. The zero-order chi connectivity index (χ0) is 23.1. The van der Waals surface area contributed by atoms with E-state index in [1.54, 1.807) is 0 Å². The highest BCUT2D eigenvalue weighted by molar-refractivity contribution is 5.76. The molecule has 0 bridgehead atoms. The van der Waals surface area contributed by atoms with E-state index >= 15 is 0 Å². The summed E-state index contributed by atoms with van der Waals surface area (Å²) in [4.78, 5) is 23.7. The molecule has 0 saturated heterocycles. The summed E-state index contributed by atoms with van der Waals surface area (Å²) in [6.07, 6.45) is 27.5. The van der Waals surface area contributed by atoms with E-state index < -0.39 is 0 Å². The largest absolute Gasteiger partial charge is 0.466 e. The minimum absolute atomic E-state index is 0.104. The number of ether oxygens (including phenoxy) is 1. The number of carbonyl (C=O) groups is 2. The maximum absolute atomic E-state index is 11.9. The van der Waals surface area contributed by atoms with Crippen molar-refractivity contribution in [2.24, 2.45) is 0 Å². The number of rotatable bonds is 21. The second kappa shape index (κ2) is 21.8. The van der Waals surface area contributed by atoms with Crippen molar-refractivity contribution in [3.63, 3.8) is 0 Å². The average molecular weight is 452 g/mol. The zero-order valence-electron chi connectivity index (χ0n) is 21.3. The summed E-state index contributed by atoms with van der Waals surface area (Å²) in [5, 5.41) is 3.11. The lowest BCUT2D eigenvalue weighted by molar-refractivity contribution is -0.144. The van der Waals surface area contributed by atoms with Crippen molar-refractivity contribution in [3.8, 4) is 0 Å². The topological polar surface area (TPSA) is 55.4 Å². The number of unbranched alkanes of at least 4 members (excludes halogenated alkanes) is 14. The van der Waals surface area contributed by atoms with E-state index in [1.807, 2.05) is 0 Å². The van der Waals surface area contributed by atoms with Crippen LogP contribution >= 0.6 is 0 Å². The number of nitrogens with one attached hydrogen (secondary N) is 1. The molecule has 0 radical (unpaired) electrons. The van der Waals surface area contributed by atoms with Crippen LogP contribution < -0.4 is 5.32 Å². The summed E-state index contributed by atoms with van der Waals surface area (Å²) in [6.45, 7) is 2.65. The third-order valence-corrected chi connectivity index (χ3v) is 6.77. The smallest absolute Gasteiger partial charge is 0.305 e. The van der Waals surface area contributed by atoms with Crippen LogP contribution in [-0.2, 0) is 14.3 Å². The first-order valence-corrected chi connectivity index (χ1v) is 14.2. The van der Waals surface area contributed by atoms with Gasteiger partial charge in [0.05, 0.1) is 6.61 Å². The van der Waals surface area contributed by atoms with Crippen molar-refractivity contribution in [1.82, 2.24) is 5.32 Å². The van der Waals surface area contributed by atoms with E-state index in [9.17, 15) is 9.59 Å². The Bertz CT molecular complexity index is 446. The average Bonchev–Trinajstić information content (AvgIpc) is 2.80. The second-order valence-corrected chi connectivity index (χ2v) is 9.93. The van der Waals surface area contributed by atoms with Gasteiger partial charge in [0.15, 0.2) is 0 Å². The quantitative estimate of drug-likeness (QED) is 0.142. The molecule has 4 nitrogen and oxygen atoms in total. The molecule has 1 aliphatic rings. The van der Waals surface area contributed by atoms with Crippen LogP contribution in [0.25, 0.3) is 0 Å². The van der Waals surface area contributed by atoms with Crippen LogP contribution in [0.5, 0.6) is 0 Å². The lowest BCUT2D eigenvalue weighted by Gasteiger charge is -2.22. The summed E-state index contributed by atoms with van der Waals surface area (Å²) in [5.74, 6) is 0.00254. The predicted octanol–water partition coefficient (Wildman–Crippen LogP) is 8.02. The van der Waals surface area contributed by atoms with Crippen LogP contribution in [0.2, 0.25) is 0 Å². The van der Waals surface area contributed by atoms with E-state index in [-0.39, 0.29) is 11.9 Å². The zero-order valence-corrected chi connectivity index (χ0v) is 21.3. The molecule has 1 fully saturated rings. The van der Waals surface area contributed by atoms with Crippen molar-refractivity contribution in [2.75, 3.05) is 6.61 Å². The van der Waals surface area contributed by atoms with Crippen LogP contribution in [0.3, 0.4) is 0 Å². The SMILES string of the molecule is CCCCCCCCCCCCCCCCCC(=O)OCCCC(=O)NC1CCCCC1. The van der Waals surface area contributed by atoms with E-state index in [4.69, 9.17) is 4.74 Å². The Morgan fingerprint density at radius 3 is 1.69 bits per heavy atom. The fraction of sp³-hybridized carbons (Fsp3) is 0.929. The summed E-state index contributed by atoms with van der Waals surface area (Å²) >= 11 is 0. The molecule has 1 amide bonds. The summed E-state index contributed by atoms with van der Waals surface area (Å²) < 4.78 is 5.28. The van der Waals surface area contributed by atoms with Crippen LogP contribution in [0.1, 0.15) is 155 Å². The van der Waals surface area contributed by atoms with Crippen LogP contribution in [0.4, 0.5) is 0 Å². The Hall–Kier alpha value is -1.06. The number of hydrogen-bond acceptors (Lipinski definition) is 3. The molecule has 1 aliphatic carbocycles. The van der Waals surface area contributed by atoms with Gasteiger partial charge in [-0.05, 0) is 25.7 Å². The van der Waals surface area contributed by atoms with E-state index in [0.717, 1.165) is 25.7 Å². The standard InChI is InChI=1S/C28H53NO3/c1-2-3-4-5-6-7-8-9-10-11-12-13-14-15-19-24-28(31)32-25-20-23-27(30)29-26-21-17-16-18-22-26/h26H,2-25H2,1H3,(H,29,30). The molecule has 1 rings (SSSR count). The van der Waals surface area contributed by atoms with Gasteiger partial charge in [-0.15, -0.1) is 0 Å². The molecule has 0 aromatic heterocycles. The maximum atomic E-state index is 11.9. The highest BCUT2D eigenvalue weighted by atomic mass is 16.5. The van der Waals surface area contributed by atoms with E-state index in [0.29, 0.717) is 31.9 Å². The number of amides is 1. The summed E-state index contributed by atoms with van der Waals surface area (Å²) in [7, 11) is 0. The first-order chi connectivity index (χ1) is 15.7. The molecule has 0 aromatic carbocycles. The van der Waals surface area contributed by atoms with Gasteiger partial charge in [-0.3, -0.25) is 9.59 Å². The Morgan fingerprint density at radius 2 is 1.16 bits per heavy atom. The molecule has 1 N–H and O–H groups in total. The fourth-order valence-electron chi connectivity index (χ4n) is 4.68. The van der Waals surface area contributed by atoms with Crippen molar-refractivity contribution in [3.05, 3.63) is 0 Å². The Balaban J connectivity index is 1.77. The second-order valence-electron chi connectivity index (χ2n) is 9.93. The minimum atomic E-state index is -0.104. The monoisotopic (exact) mass is 451 g/mol. The molecule has 0 aliphatic heterocycles. The molecule has 0 unspecified atom stereocenters. The van der Waals surface area contributed by atoms with Gasteiger partial charge in [-0.2, -0.15) is 0 Å². The molecular formula is C28H53NO3.